The molecule has 1 aliphatic heterocycles. The normalized spacial score (nSPS) is 15.2. The molecule has 3 aromatic carbocycles. The molecule has 1 amide bonds. The SMILES string of the molecule is COc1ccc(C(CNC(=O)c2ccc(-n3cnc4ccccc43)cc2)N2CCOCC2)cc1. The second kappa shape index (κ2) is 10.1. The number of morpholine rings is 1. The molecule has 0 spiro atoms. The van der Waals surface area contributed by atoms with Gasteiger partial charge in [-0.05, 0) is 54.1 Å². The molecule has 4 aromatic rings. The highest BCUT2D eigenvalue weighted by atomic mass is 16.5. The maximum atomic E-state index is 13.0. The second-order valence-electron chi connectivity index (χ2n) is 8.30. The lowest BCUT2D eigenvalue weighted by Gasteiger charge is -2.35. The molecule has 174 valence electrons. The lowest BCUT2D eigenvalue weighted by Crippen LogP contribution is -2.43. The molecule has 1 atom stereocenters. The van der Waals surface area contributed by atoms with E-state index in [2.05, 4.69) is 27.3 Å². The first-order valence-electron chi connectivity index (χ1n) is 11.5. The van der Waals surface area contributed by atoms with E-state index in [0.717, 1.165) is 41.1 Å². The Hall–Kier alpha value is -3.68. The van der Waals surface area contributed by atoms with Gasteiger partial charge in [-0.1, -0.05) is 24.3 Å². The number of hydrogen-bond acceptors (Lipinski definition) is 5. The summed E-state index contributed by atoms with van der Waals surface area (Å²) in [4.78, 5) is 19.8. The lowest BCUT2D eigenvalue weighted by molar-refractivity contribution is 0.0162. The zero-order valence-electron chi connectivity index (χ0n) is 19.2. The molecule has 7 heteroatoms. The van der Waals surface area contributed by atoms with Gasteiger partial charge in [0.2, 0.25) is 0 Å². The fourth-order valence-electron chi connectivity index (χ4n) is 4.40. The van der Waals surface area contributed by atoms with E-state index in [4.69, 9.17) is 9.47 Å². The van der Waals surface area contributed by atoms with Crippen LogP contribution in [0.2, 0.25) is 0 Å². The first-order chi connectivity index (χ1) is 16.7. The van der Waals surface area contributed by atoms with Gasteiger partial charge in [0.25, 0.3) is 5.91 Å². The van der Waals surface area contributed by atoms with E-state index in [1.165, 1.54) is 0 Å². The topological polar surface area (TPSA) is 68.6 Å². The minimum Gasteiger partial charge on any atom is -0.497 e. The Morgan fingerprint density at radius 2 is 1.76 bits per heavy atom. The van der Waals surface area contributed by atoms with E-state index in [1.807, 2.05) is 71.6 Å². The van der Waals surface area contributed by atoms with E-state index in [1.54, 1.807) is 7.11 Å². The highest BCUT2D eigenvalue weighted by Crippen LogP contribution is 2.24. The van der Waals surface area contributed by atoms with E-state index >= 15 is 0 Å². The van der Waals surface area contributed by atoms with Crippen LogP contribution in [0.4, 0.5) is 0 Å². The molecule has 0 saturated carbocycles. The average molecular weight is 457 g/mol. The van der Waals surface area contributed by atoms with Gasteiger partial charge in [-0.25, -0.2) is 4.98 Å². The molecule has 1 N–H and O–H groups in total. The van der Waals surface area contributed by atoms with E-state index in [0.29, 0.717) is 25.3 Å². The molecular formula is C27H28N4O3. The first kappa shape index (κ1) is 22.1. The van der Waals surface area contributed by atoms with Crippen molar-refractivity contribution in [3.63, 3.8) is 0 Å². The highest BCUT2D eigenvalue weighted by Gasteiger charge is 2.23. The van der Waals surface area contributed by atoms with Crippen molar-refractivity contribution in [3.05, 3.63) is 90.3 Å². The van der Waals surface area contributed by atoms with Crippen molar-refractivity contribution in [2.75, 3.05) is 40.0 Å². The number of methoxy groups -OCH3 is 1. The third kappa shape index (κ3) is 4.66. The number of nitrogens with one attached hydrogen (secondary N) is 1. The summed E-state index contributed by atoms with van der Waals surface area (Å²) in [6.07, 6.45) is 1.81. The number of nitrogens with zero attached hydrogens (tertiary/aromatic N) is 3. The molecule has 0 radical (unpaired) electrons. The Kier molecular flexibility index (Phi) is 6.56. The quantitative estimate of drug-likeness (QED) is 0.458. The van der Waals surface area contributed by atoms with Crippen LogP contribution in [0.5, 0.6) is 5.75 Å². The summed E-state index contributed by atoms with van der Waals surface area (Å²) in [7, 11) is 1.66. The summed E-state index contributed by atoms with van der Waals surface area (Å²) in [6.45, 7) is 3.58. The number of amides is 1. The molecule has 5 rings (SSSR count). The van der Waals surface area contributed by atoms with Crippen molar-refractivity contribution in [1.82, 2.24) is 19.8 Å². The number of fused-ring (bicyclic) bond motifs is 1. The van der Waals surface area contributed by atoms with Gasteiger partial charge in [-0.15, -0.1) is 0 Å². The smallest absolute Gasteiger partial charge is 0.251 e. The zero-order valence-corrected chi connectivity index (χ0v) is 19.2. The fourth-order valence-corrected chi connectivity index (χ4v) is 4.40. The summed E-state index contributed by atoms with van der Waals surface area (Å²) in [5.41, 5.74) is 4.72. The molecule has 0 aliphatic carbocycles. The summed E-state index contributed by atoms with van der Waals surface area (Å²) in [6, 6.07) is 23.7. The maximum absolute atomic E-state index is 13.0. The molecule has 34 heavy (non-hydrogen) atoms. The molecule has 1 aliphatic rings. The Bertz CT molecular complexity index is 1250. The average Bonchev–Trinajstić information content (AvgIpc) is 3.34. The zero-order chi connectivity index (χ0) is 23.3. The van der Waals surface area contributed by atoms with Crippen LogP contribution in [-0.4, -0.2) is 60.3 Å². The van der Waals surface area contributed by atoms with Crippen molar-refractivity contribution < 1.29 is 14.3 Å². The number of para-hydroxylation sites is 2. The molecular weight excluding hydrogens is 428 g/mol. The Labute approximate surface area is 198 Å². The predicted molar refractivity (Wildman–Crippen MR) is 132 cm³/mol. The van der Waals surface area contributed by atoms with Gasteiger partial charge in [0, 0.05) is 30.9 Å². The number of benzene rings is 3. The third-order valence-corrected chi connectivity index (χ3v) is 6.30. The van der Waals surface area contributed by atoms with E-state index in [9.17, 15) is 4.79 Å². The fraction of sp³-hybridized carbons (Fsp3) is 0.259. The minimum atomic E-state index is -0.0891. The van der Waals surface area contributed by atoms with Crippen LogP contribution >= 0.6 is 0 Å². The molecule has 1 saturated heterocycles. The van der Waals surface area contributed by atoms with E-state index in [-0.39, 0.29) is 11.9 Å². The van der Waals surface area contributed by atoms with Crippen molar-refractivity contribution in [1.29, 1.82) is 0 Å². The van der Waals surface area contributed by atoms with Crippen LogP contribution in [0.1, 0.15) is 22.0 Å². The first-order valence-corrected chi connectivity index (χ1v) is 11.5. The monoisotopic (exact) mass is 456 g/mol. The Balaban J connectivity index is 1.29. The van der Waals surface area contributed by atoms with Crippen LogP contribution in [0.3, 0.4) is 0 Å². The predicted octanol–water partition coefficient (Wildman–Crippen LogP) is 3.84. The lowest BCUT2D eigenvalue weighted by atomic mass is 10.0. The number of ether oxygens (including phenoxy) is 2. The number of carbonyl (C=O) groups is 1. The number of aromatic nitrogens is 2. The molecule has 7 nitrogen and oxygen atoms in total. The number of imidazole rings is 1. The van der Waals surface area contributed by atoms with Gasteiger partial charge in [0.05, 0.1) is 37.4 Å². The number of carbonyl (C=O) groups excluding carboxylic acids is 1. The second-order valence-corrected chi connectivity index (χ2v) is 8.30. The van der Waals surface area contributed by atoms with Gasteiger partial charge >= 0.3 is 0 Å². The molecule has 1 unspecified atom stereocenters. The van der Waals surface area contributed by atoms with Crippen molar-refractivity contribution in [3.8, 4) is 11.4 Å². The highest BCUT2D eigenvalue weighted by molar-refractivity contribution is 5.94. The van der Waals surface area contributed by atoms with Gasteiger partial charge in [-0.2, -0.15) is 0 Å². The summed E-state index contributed by atoms with van der Waals surface area (Å²) in [5.74, 6) is 0.730. The molecule has 0 bridgehead atoms. The van der Waals surface area contributed by atoms with Crippen LogP contribution in [-0.2, 0) is 4.74 Å². The number of rotatable bonds is 7. The summed E-state index contributed by atoms with van der Waals surface area (Å²) in [5, 5.41) is 3.14. The third-order valence-electron chi connectivity index (χ3n) is 6.30. The van der Waals surface area contributed by atoms with Gasteiger partial charge < -0.3 is 14.8 Å². The Morgan fingerprint density at radius 1 is 1.03 bits per heavy atom. The maximum Gasteiger partial charge on any atom is 0.251 e. The molecule has 1 aromatic heterocycles. The van der Waals surface area contributed by atoms with Gasteiger partial charge in [0.15, 0.2) is 0 Å². The molecule has 2 heterocycles. The van der Waals surface area contributed by atoms with Crippen LogP contribution in [0, 0.1) is 0 Å². The largest absolute Gasteiger partial charge is 0.497 e. The van der Waals surface area contributed by atoms with Crippen molar-refractivity contribution in [2.45, 2.75) is 6.04 Å². The van der Waals surface area contributed by atoms with Crippen LogP contribution < -0.4 is 10.1 Å². The van der Waals surface area contributed by atoms with Crippen LogP contribution in [0.15, 0.2) is 79.1 Å². The van der Waals surface area contributed by atoms with Crippen molar-refractivity contribution in [2.24, 2.45) is 0 Å². The summed E-state index contributed by atoms with van der Waals surface area (Å²) < 4.78 is 12.9. The standard InChI is InChI=1S/C27H28N4O3/c1-33-23-12-8-20(9-13-23)26(30-14-16-34-17-15-30)18-28-27(32)21-6-10-22(11-7-21)31-19-29-24-4-2-3-5-25(24)31/h2-13,19,26H,14-18H2,1H3,(H,28,32). The van der Waals surface area contributed by atoms with E-state index < -0.39 is 0 Å². The minimum absolute atomic E-state index is 0.0651. The number of hydrogen-bond donors (Lipinski definition) is 1. The summed E-state index contributed by atoms with van der Waals surface area (Å²) >= 11 is 0. The molecule has 1 fully saturated rings. The van der Waals surface area contributed by atoms with Gasteiger partial charge in [0.1, 0.15) is 12.1 Å². The Morgan fingerprint density at radius 3 is 2.50 bits per heavy atom. The van der Waals surface area contributed by atoms with Crippen LogP contribution in [0.25, 0.3) is 16.7 Å². The van der Waals surface area contributed by atoms with Gasteiger partial charge in [-0.3, -0.25) is 14.3 Å². The van der Waals surface area contributed by atoms with Crippen molar-refractivity contribution >= 4 is 16.9 Å².